The van der Waals surface area contributed by atoms with Crippen LogP contribution in [0.3, 0.4) is 0 Å². The van der Waals surface area contributed by atoms with E-state index in [2.05, 4.69) is 15.5 Å². The lowest BCUT2D eigenvalue weighted by atomic mass is 9.73. The van der Waals surface area contributed by atoms with Gasteiger partial charge in [0.05, 0.1) is 20.0 Å². The number of hydrogen-bond donors (Lipinski definition) is 3. The lowest BCUT2D eigenvalue weighted by molar-refractivity contribution is -0.0501. The maximum absolute atomic E-state index is 13.3. The number of ether oxygens (including phenoxy) is 1. The molecule has 1 aliphatic carbocycles. The zero-order valence-corrected chi connectivity index (χ0v) is 23.5. The van der Waals surface area contributed by atoms with Gasteiger partial charge in [-0.05, 0) is 64.5 Å². The number of aryl methyl sites for hydroxylation is 1. The molecule has 0 atom stereocenters. The van der Waals surface area contributed by atoms with E-state index in [1.54, 1.807) is 26.1 Å². The molecule has 1 aromatic carbocycles. The van der Waals surface area contributed by atoms with Crippen molar-refractivity contribution in [2.24, 2.45) is 11.7 Å². The number of nitrogens with zero attached hydrogens (tertiary/aromatic N) is 2. The number of carbonyl (C=O) groups excluding carboxylic acids is 1. The molecule has 200 valence electrons. The molecular weight excluding hydrogens is 510 g/mol. The summed E-state index contributed by atoms with van der Waals surface area (Å²) < 4.78 is 32.3. The molecule has 0 radical (unpaired) electrons. The zero-order valence-electron chi connectivity index (χ0n) is 21.9. The molecule has 0 bridgehead atoms. The second-order valence-corrected chi connectivity index (χ2v) is 13.9. The fourth-order valence-corrected chi connectivity index (χ4v) is 7.35. The van der Waals surface area contributed by atoms with E-state index in [1.807, 2.05) is 39.0 Å². The van der Waals surface area contributed by atoms with Gasteiger partial charge in [-0.15, -0.1) is 11.3 Å². The van der Waals surface area contributed by atoms with Crippen LogP contribution in [0.5, 0.6) is 0 Å². The van der Waals surface area contributed by atoms with E-state index in [9.17, 15) is 13.2 Å². The number of thiazole rings is 1. The van der Waals surface area contributed by atoms with Crippen LogP contribution in [0.4, 0.5) is 16.3 Å². The third-order valence-corrected chi connectivity index (χ3v) is 10.6. The van der Waals surface area contributed by atoms with Crippen molar-refractivity contribution in [2.45, 2.75) is 82.0 Å². The largest absolute Gasteiger partial charge is 0.443 e. The molecule has 11 heteroatoms. The molecule has 37 heavy (non-hydrogen) atoms. The van der Waals surface area contributed by atoms with E-state index in [0.29, 0.717) is 29.9 Å². The highest BCUT2D eigenvalue weighted by molar-refractivity contribution is 7.92. The second kappa shape index (κ2) is 10.4. The molecular formula is C26H35N5O4S2. The molecule has 4 rings (SSSR count). The number of primary amides is 1. The maximum atomic E-state index is 13.3. The van der Waals surface area contributed by atoms with Crippen LogP contribution in [0.25, 0.3) is 10.4 Å². The number of nitrogens with one attached hydrogen (secondary N) is 2. The first-order valence-corrected chi connectivity index (χ1v) is 14.9. The SMILES string of the molecule is Cc1cc(Nc2ccc(-c3cnc(C4CCC(OC(N)=O)(C(C)C)CC4)s3)c(S(=O)(=O)C(C)C)c2)n[nH]1. The smallest absolute Gasteiger partial charge is 0.405 e. The Morgan fingerprint density at radius 1 is 1.22 bits per heavy atom. The predicted molar refractivity (Wildman–Crippen MR) is 146 cm³/mol. The lowest BCUT2D eigenvalue weighted by Gasteiger charge is -2.41. The van der Waals surface area contributed by atoms with E-state index in [1.165, 1.54) is 11.3 Å². The Bertz CT molecular complexity index is 1370. The molecule has 1 fully saturated rings. The average Bonchev–Trinajstić information content (AvgIpc) is 3.48. The summed E-state index contributed by atoms with van der Waals surface area (Å²) in [5.74, 6) is 0.999. The predicted octanol–water partition coefficient (Wildman–Crippen LogP) is 5.92. The van der Waals surface area contributed by atoms with Crippen LogP contribution < -0.4 is 11.1 Å². The molecule has 1 saturated carbocycles. The van der Waals surface area contributed by atoms with E-state index in [-0.39, 0.29) is 16.7 Å². The van der Waals surface area contributed by atoms with Crippen molar-refractivity contribution in [3.63, 3.8) is 0 Å². The Labute approximate surface area is 222 Å². The Kier molecular flexibility index (Phi) is 7.66. The minimum absolute atomic E-state index is 0.161. The van der Waals surface area contributed by atoms with Gasteiger partial charge in [-0.25, -0.2) is 18.2 Å². The minimum Gasteiger partial charge on any atom is -0.443 e. The minimum atomic E-state index is -3.57. The number of rotatable bonds is 8. The summed E-state index contributed by atoms with van der Waals surface area (Å²) >= 11 is 1.52. The van der Waals surface area contributed by atoms with Gasteiger partial charge >= 0.3 is 6.09 Å². The first-order chi connectivity index (χ1) is 17.4. The summed E-state index contributed by atoms with van der Waals surface area (Å²) in [5.41, 5.74) is 7.00. The topological polar surface area (TPSA) is 140 Å². The molecule has 1 amide bonds. The summed E-state index contributed by atoms with van der Waals surface area (Å²) in [6.45, 7) is 9.37. The van der Waals surface area contributed by atoms with Crippen LogP contribution in [0.2, 0.25) is 0 Å². The van der Waals surface area contributed by atoms with Crippen LogP contribution in [0, 0.1) is 12.8 Å². The van der Waals surface area contributed by atoms with Gasteiger partial charge < -0.3 is 15.8 Å². The summed E-state index contributed by atoms with van der Waals surface area (Å²) in [5, 5.41) is 10.6. The van der Waals surface area contributed by atoms with Crippen LogP contribution in [0.1, 0.15) is 70.0 Å². The van der Waals surface area contributed by atoms with Crippen molar-refractivity contribution in [1.29, 1.82) is 0 Å². The summed E-state index contributed by atoms with van der Waals surface area (Å²) in [6, 6.07) is 7.22. The molecule has 4 N–H and O–H groups in total. The standard InChI is InChI=1S/C26H35N5O4S2/c1-15(2)26(35-25(27)32)10-8-18(9-11-26)24-28-14-21(36-24)20-7-6-19(29-23-12-17(5)30-31-23)13-22(20)37(33,34)16(3)4/h6-7,12-16,18H,8-11H2,1-5H3,(H2,27,32)(H2,29,30,31). The quantitative estimate of drug-likeness (QED) is 0.319. The number of sulfone groups is 1. The first kappa shape index (κ1) is 27.1. The third kappa shape index (κ3) is 5.67. The Balaban J connectivity index is 1.61. The third-order valence-electron chi connectivity index (χ3n) is 7.21. The number of hydrogen-bond acceptors (Lipinski definition) is 8. The monoisotopic (exact) mass is 545 g/mol. The molecule has 3 aromatic rings. The van der Waals surface area contributed by atoms with Crippen molar-refractivity contribution in [1.82, 2.24) is 15.2 Å². The van der Waals surface area contributed by atoms with Crippen LogP contribution in [0.15, 0.2) is 35.4 Å². The lowest BCUT2D eigenvalue weighted by Crippen LogP contribution is -2.44. The molecule has 2 aromatic heterocycles. The van der Waals surface area contributed by atoms with Crippen LogP contribution in [-0.4, -0.2) is 40.5 Å². The van der Waals surface area contributed by atoms with E-state index in [4.69, 9.17) is 15.5 Å². The maximum Gasteiger partial charge on any atom is 0.405 e. The molecule has 0 saturated heterocycles. The zero-order chi connectivity index (χ0) is 27.0. The fraction of sp³-hybridized carbons (Fsp3) is 0.500. The number of aromatic nitrogens is 3. The average molecular weight is 546 g/mol. The molecule has 1 aliphatic rings. The first-order valence-electron chi connectivity index (χ1n) is 12.5. The van der Waals surface area contributed by atoms with Crippen molar-refractivity contribution in [3.8, 4) is 10.4 Å². The number of benzene rings is 1. The molecule has 0 spiro atoms. The number of H-pyrrole nitrogens is 1. The van der Waals surface area contributed by atoms with Crippen molar-refractivity contribution < 1.29 is 17.9 Å². The number of aromatic amines is 1. The van der Waals surface area contributed by atoms with Crippen molar-refractivity contribution in [2.75, 3.05) is 5.32 Å². The normalized spacial score (nSPS) is 20.4. The van der Waals surface area contributed by atoms with Crippen molar-refractivity contribution >= 4 is 38.8 Å². The van der Waals surface area contributed by atoms with Gasteiger partial charge in [-0.3, -0.25) is 5.10 Å². The Morgan fingerprint density at radius 3 is 2.49 bits per heavy atom. The number of anilines is 2. The summed E-state index contributed by atoms with van der Waals surface area (Å²) in [6.07, 6.45) is 4.11. The molecule has 2 heterocycles. The Morgan fingerprint density at radius 2 is 1.92 bits per heavy atom. The van der Waals surface area contributed by atoms with Crippen molar-refractivity contribution in [3.05, 3.63) is 41.2 Å². The van der Waals surface area contributed by atoms with Gasteiger partial charge in [-0.1, -0.05) is 19.9 Å². The number of amides is 1. The second-order valence-electron chi connectivity index (χ2n) is 10.3. The van der Waals surface area contributed by atoms with Crippen LogP contribution >= 0.6 is 11.3 Å². The number of nitrogens with two attached hydrogens (primary N) is 1. The van der Waals surface area contributed by atoms with Gasteiger partial charge in [0, 0.05) is 35.1 Å². The van der Waals surface area contributed by atoms with Gasteiger partial charge in [0.15, 0.2) is 15.7 Å². The molecule has 0 unspecified atom stereocenters. The van der Waals surface area contributed by atoms with Gasteiger partial charge in [0.1, 0.15) is 5.60 Å². The highest BCUT2D eigenvalue weighted by Crippen LogP contribution is 2.46. The fourth-order valence-electron chi connectivity index (χ4n) is 4.87. The summed E-state index contributed by atoms with van der Waals surface area (Å²) in [7, 11) is -3.57. The van der Waals surface area contributed by atoms with Crippen LogP contribution in [-0.2, 0) is 14.6 Å². The summed E-state index contributed by atoms with van der Waals surface area (Å²) in [4.78, 5) is 17.3. The van der Waals surface area contributed by atoms with Gasteiger partial charge in [-0.2, -0.15) is 5.10 Å². The van der Waals surface area contributed by atoms with Gasteiger partial charge in [0.25, 0.3) is 0 Å². The van der Waals surface area contributed by atoms with E-state index in [0.717, 1.165) is 28.4 Å². The molecule has 0 aliphatic heterocycles. The highest BCUT2D eigenvalue weighted by atomic mass is 32.2. The highest BCUT2D eigenvalue weighted by Gasteiger charge is 2.42. The number of carbonyl (C=O) groups is 1. The van der Waals surface area contributed by atoms with E-state index < -0.39 is 26.8 Å². The van der Waals surface area contributed by atoms with Gasteiger partial charge in [0.2, 0.25) is 0 Å². The molecule has 9 nitrogen and oxygen atoms in total. The van der Waals surface area contributed by atoms with E-state index >= 15 is 0 Å². The Hall–Kier alpha value is -2.92.